The lowest BCUT2D eigenvalue weighted by molar-refractivity contribution is 0.0603. The highest BCUT2D eigenvalue weighted by Crippen LogP contribution is 2.41. The van der Waals surface area contributed by atoms with Gasteiger partial charge in [-0.2, -0.15) is 0 Å². The van der Waals surface area contributed by atoms with Crippen molar-refractivity contribution in [2.45, 2.75) is 27.2 Å². The molecule has 0 bridgehead atoms. The van der Waals surface area contributed by atoms with Crippen LogP contribution in [-0.4, -0.2) is 32.0 Å². The molecule has 1 unspecified atom stereocenters. The lowest BCUT2D eigenvalue weighted by atomic mass is 9.95. The molecule has 1 aromatic heterocycles. The van der Waals surface area contributed by atoms with Crippen molar-refractivity contribution < 1.29 is 14.3 Å². The Morgan fingerprint density at radius 1 is 1.43 bits per heavy atom. The van der Waals surface area contributed by atoms with Crippen LogP contribution < -0.4 is 10.6 Å². The highest BCUT2D eigenvalue weighted by atomic mass is 32.1. The standard InChI is InChI=1S/C15H22N2O3S/c1-8(2)10-5-6-17(7-10)14-11(15(19)20-4)12(16)13(21-14)9(3)18/h8,10H,5-7,16H2,1-4H3. The van der Waals surface area contributed by atoms with E-state index in [0.717, 1.165) is 24.5 Å². The number of methoxy groups -OCH3 is 1. The first-order chi connectivity index (χ1) is 9.86. The Morgan fingerprint density at radius 2 is 2.10 bits per heavy atom. The van der Waals surface area contributed by atoms with E-state index in [0.29, 0.717) is 22.3 Å². The van der Waals surface area contributed by atoms with Gasteiger partial charge in [0.05, 0.1) is 17.7 Å². The predicted molar refractivity (Wildman–Crippen MR) is 85.2 cm³/mol. The Kier molecular flexibility index (Phi) is 4.56. The van der Waals surface area contributed by atoms with E-state index in [1.807, 2.05) is 0 Å². The van der Waals surface area contributed by atoms with Crippen molar-refractivity contribution in [1.82, 2.24) is 0 Å². The number of hydrogen-bond donors (Lipinski definition) is 1. The van der Waals surface area contributed by atoms with Gasteiger partial charge in [0.15, 0.2) is 5.78 Å². The fourth-order valence-corrected chi connectivity index (χ4v) is 3.87. The van der Waals surface area contributed by atoms with E-state index in [9.17, 15) is 9.59 Å². The van der Waals surface area contributed by atoms with Crippen LogP contribution >= 0.6 is 11.3 Å². The summed E-state index contributed by atoms with van der Waals surface area (Å²) in [6.07, 6.45) is 1.09. The van der Waals surface area contributed by atoms with Gasteiger partial charge in [-0.15, -0.1) is 11.3 Å². The summed E-state index contributed by atoms with van der Waals surface area (Å²) in [5.74, 6) is 0.605. The van der Waals surface area contributed by atoms with Gasteiger partial charge < -0.3 is 15.4 Å². The average molecular weight is 310 g/mol. The molecule has 1 fully saturated rings. The van der Waals surface area contributed by atoms with Gasteiger partial charge in [0.1, 0.15) is 10.6 Å². The number of rotatable bonds is 4. The van der Waals surface area contributed by atoms with Crippen molar-refractivity contribution >= 4 is 33.8 Å². The highest BCUT2D eigenvalue weighted by molar-refractivity contribution is 7.19. The van der Waals surface area contributed by atoms with Gasteiger partial charge in [-0.1, -0.05) is 13.8 Å². The lowest BCUT2D eigenvalue weighted by Crippen LogP contribution is -2.22. The van der Waals surface area contributed by atoms with Crippen LogP contribution in [0.3, 0.4) is 0 Å². The summed E-state index contributed by atoms with van der Waals surface area (Å²) in [4.78, 5) is 26.3. The zero-order chi connectivity index (χ0) is 15.7. The van der Waals surface area contributed by atoms with E-state index in [1.165, 1.54) is 25.4 Å². The van der Waals surface area contributed by atoms with E-state index in [-0.39, 0.29) is 11.5 Å². The van der Waals surface area contributed by atoms with Crippen LogP contribution in [-0.2, 0) is 4.74 Å². The van der Waals surface area contributed by atoms with Crippen molar-refractivity contribution in [3.63, 3.8) is 0 Å². The molecular weight excluding hydrogens is 288 g/mol. The van der Waals surface area contributed by atoms with Crippen molar-refractivity contribution in [3.05, 3.63) is 10.4 Å². The van der Waals surface area contributed by atoms with E-state index in [1.54, 1.807) is 0 Å². The predicted octanol–water partition coefficient (Wildman–Crippen LogP) is 2.80. The maximum absolute atomic E-state index is 12.0. The summed E-state index contributed by atoms with van der Waals surface area (Å²) in [7, 11) is 1.33. The number of Topliss-reactive ketones (excluding diaryl/α,β-unsaturated/α-hetero) is 1. The van der Waals surface area contributed by atoms with E-state index in [4.69, 9.17) is 10.5 Å². The van der Waals surface area contributed by atoms with E-state index < -0.39 is 5.97 Å². The Labute approximate surface area is 129 Å². The second kappa shape index (κ2) is 6.05. The molecule has 2 heterocycles. The van der Waals surface area contributed by atoms with Crippen LogP contribution in [0.1, 0.15) is 47.2 Å². The zero-order valence-electron chi connectivity index (χ0n) is 12.9. The number of ether oxygens (including phenoxy) is 1. The Hall–Kier alpha value is -1.56. The summed E-state index contributed by atoms with van der Waals surface area (Å²) >= 11 is 1.30. The average Bonchev–Trinajstić information content (AvgIpc) is 3.02. The molecule has 1 saturated heterocycles. The third-order valence-electron chi connectivity index (χ3n) is 4.09. The van der Waals surface area contributed by atoms with Crippen LogP contribution in [0.2, 0.25) is 0 Å². The molecule has 0 amide bonds. The molecule has 2 rings (SSSR count). The van der Waals surface area contributed by atoms with Crippen molar-refractivity contribution in [2.24, 2.45) is 11.8 Å². The number of nitrogen functional groups attached to an aromatic ring is 1. The molecule has 0 saturated carbocycles. The molecule has 6 heteroatoms. The molecule has 0 radical (unpaired) electrons. The summed E-state index contributed by atoms with van der Waals surface area (Å²) in [5.41, 5.74) is 6.60. The van der Waals surface area contributed by atoms with Crippen LogP contribution in [0.5, 0.6) is 0 Å². The third-order valence-corrected chi connectivity index (χ3v) is 5.46. The number of thiophene rings is 1. The van der Waals surface area contributed by atoms with Gasteiger partial charge in [-0.25, -0.2) is 4.79 Å². The molecule has 1 aliphatic heterocycles. The number of nitrogens with two attached hydrogens (primary N) is 1. The number of carbonyl (C=O) groups excluding carboxylic acids is 2. The zero-order valence-corrected chi connectivity index (χ0v) is 13.8. The molecule has 0 aromatic carbocycles. The first-order valence-electron chi connectivity index (χ1n) is 7.13. The van der Waals surface area contributed by atoms with Gasteiger partial charge in [0.25, 0.3) is 0 Å². The minimum atomic E-state index is -0.473. The Balaban J connectivity index is 2.41. The van der Waals surface area contributed by atoms with E-state index in [2.05, 4.69) is 18.7 Å². The minimum Gasteiger partial charge on any atom is -0.465 e. The second-order valence-corrected chi connectivity index (χ2v) is 6.81. The Bertz CT molecular complexity index is 566. The van der Waals surface area contributed by atoms with Gasteiger partial charge >= 0.3 is 5.97 Å². The molecule has 1 aromatic rings. The van der Waals surface area contributed by atoms with Gasteiger partial charge in [0, 0.05) is 20.0 Å². The molecule has 1 atom stereocenters. The number of carbonyl (C=O) groups is 2. The van der Waals surface area contributed by atoms with Gasteiger partial charge in [-0.3, -0.25) is 4.79 Å². The molecular formula is C15H22N2O3S. The maximum atomic E-state index is 12.0. The highest BCUT2D eigenvalue weighted by Gasteiger charge is 2.32. The van der Waals surface area contributed by atoms with E-state index >= 15 is 0 Å². The number of ketones is 1. The normalized spacial score (nSPS) is 18.3. The second-order valence-electron chi connectivity index (χ2n) is 5.81. The molecule has 5 nitrogen and oxygen atoms in total. The maximum Gasteiger partial charge on any atom is 0.343 e. The summed E-state index contributed by atoms with van der Waals surface area (Å²) in [6, 6.07) is 0. The number of nitrogens with zero attached hydrogens (tertiary/aromatic N) is 1. The molecule has 116 valence electrons. The first kappa shape index (κ1) is 15.8. The first-order valence-corrected chi connectivity index (χ1v) is 7.94. The number of hydrogen-bond acceptors (Lipinski definition) is 6. The molecule has 0 aliphatic carbocycles. The SMILES string of the molecule is COC(=O)c1c(N2CCC(C(C)C)C2)sc(C(C)=O)c1N. The monoisotopic (exact) mass is 310 g/mol. The summed E-state index contributed by atoms with van der Waals surface area (Å²) in [6.45, 7) is 7.65. The van der Waals surface area contributed by atoms with Crippen LogP contribution in [0, 0.1) is 11.8 Å². The topological polar surface area (TPSA) is 72.6 Å². The third kappa shape index (κ3) is 2.90. The lowest BCUT2D eigenvalue weighted by Gasteiger charge is -2.19. The summed E-state index contributed by atoms with van der Waals surface area (Å²) < 4.78 is 4.83. The largest absolute Gasteiger partial charge is 0.465 e. The van der Waals surface area contributed by atoms with Gasteiger partial charge in [0.2, 0.25) is 0 Å². The molecule has 21 heavy (non-hydrogen) atoms. The smallest absolute Gasteiger partial charge is 0.343 e. The molecule has 1 aliphatic rings. The fourth-order valence-electron chi connectivity index (χ4n) is 2.73. The number of esters is 1. The van der Waals surface area contributed by atoms with Crippen LogP contribution in [0.15, 0.2) is 0 Å². The molecule has 0 spiro atoms. The number of anilines is 2. The quantitative estimate of drug-likeness (QED) is 0.684. The van der Waals surface area contributed by atoms with Crippen molar-refractivity contribution in [3.8, 4) is 0 Å². The van der Waals surface area contributed by atoms with Gasteiger partial charge in [-0.05, 0) is 18.3 Å². The Morgan fingerprint density at radius 3 is 2.57 bits per heavy atom. The van der Waals surface area contributed by atoms with Crippen LogP contribution in [0.4, 0.5) is 10.7 Å². The fraction of sp³-hybridized carbons (Fsp3) is 0.600. The minimum absolute atomic E-state index is 0.117. The van der Waals surface area contributed by atoms with Crippen molar-refractivity contribution in [1.29, 1.82) is 0 Å². The molecule has 2 N–H and O–H groups in total. The summed E-state index contributed by atoms with van der Waals surface area (Å²) in [5, 5.41) is 0.771. The van der Waals surface area contributed by atoms with Crippen molar-refractivity contribution in [2.75, 3.05) is 30.8 Å². The van der Waals surface area contributed by atoms with Crippen LogP contribution in [0.25, 0.3) is 0 Å².